The molecule has 1 saturated carbocycles. The first kappa shape index (κ1) is 17.2. The van der Waals surface area contributed by atoms with E-state index < -0.39 is 9.84 Å². The lowest BCUT2D eigenvalue weighted by atomic mass is 9.73. The molecule has 1 aliphatic carbocycles. The van der Waals surface area contributed by atoms with Crippen LogP contribution in [0.15, 0.2) is 0 Å². The minimum atomic E-state index is -2.95. The highest BCUT2D eigenvalue weighted by Gasteiger charge is 2.45. The highest BCUT2D eigenvalue weighted by molar-refractivity contribution is 7.91. The van der Waals surface area contributed by atoms with Crippen molar-refractivity contribution in [3.63, 3.8) is 0 Å². The van der Waals surface area contributed by atoms with Crippen LogP contribution in [0.1, 0.15) is 38.5 Å². The van der Waals surface area contributed by atoms with Crippen molar-refractivity contribution < 1.29 is 17.9 Å². The number of sulfone groups is 1. The van der Waals surface area contributed by atoms with E-state index in [1.54, 1.807) is 7.11 Å². The summed E-state index contributed by atoms with van der Waals surface area (Å²) in [6, 6.07) is 0.191. The number of rotatable bonds is 5. The van der Waals surface area contributed by atoms with Crippen LogP contribution in [0.2, 0.25) is 0 Å². The number of hydrogen-bond donors (Lipinski definition) is 1. The third-order valence-electron chi connectivity index (χ3n) is 5.37. The molecule has 0 aromatic carbocycles. The predicted octanol–water partition coefficient (Wildman–Crippen LogP) is 1.37. The summed E-state index contributed by atoms with van der Waals surface area (Å²) < 4.78 is 35.2. The molecule has 0 amide bonds. The molecule has 124 valence electrons. The molecule has 2 fully saturated rings. The number of methoxy groups -OCH3 is 1. The van der Waals surface area contributed by atoms with Gasteiger partial charge >= 0.3 is 0 Å². The number of nitrogens with one attached hydrogen (secondary N) is 1. The van der Waals surface area contributed by atoms with Gasteiger partial charge in [-0.25, -0.2) is 8.42 Å². The summed E-state index contributed by atoms with van der Waals surface area (Å²) in [5.41, 5.74) is -0.225. The van der Waals surface area contributed by atoms with E-state index >= 15 is 0 Å². The molecular weight excluding hydrogens is 290 g/mol. The molecule has 0 spiro atoms. The maximum Gasteiger partial charge on any atom is 0.150 e. The molecule has 5 nitrogen and oxygen atoms in total. The van der Waals surface area contributed by atoms with Gasteiger partial charge in [-0.15, -0.1) is 0 Å². The Kier molecular flexibility index (Phi) is 5.68. The van der Waals surface area contributed by atoms with Crippen molar-refractivity contribution in [2.75, 3.05) is 33.6 Å². The van der Waals surface area contributed by atoms with E-state index in [0.29, 0.717) is 19.1 Å². The fourth-order valence-electron chi connectivity index (χ4n) is 4.16. The lowest BCUT2D eigenvalue weighted by Gasteiger charge is -2.47. The van der Waals surface area contributed by atoms with Crippen LogP contribution in [0.4, 0.5) is 0 Å². The van der Waals surface area contributed by atoms with Gasteiger partial charge in [-0.3, -0.25) is 0 Å². The van der Waals surface area contributed by atoms with Crippen LogP contribution >= 0.6 is 0 Å². The molecule has 6 heteroatoms. The van der Waals surface area contributed by atoms with Crippen LogP contribution in [0.25, 0.3) is 0 Å². The van der Waals surface area contributed by atoms with E-state index in [4.69, 9.17) is 9.47 Å². The number of ether oxygens (including phenoxy) is 2. The first-order valence-corrected chi connectivity index (χ1v) is 9.87. The van der Waals surface area contributed by atoms with Crippen molar-refractivity contribution in [3.8, 4) is 0 Å². The lowest BCUT2D eigenvalue weighted by molar-refractivity contribution is -0.121. The van der Waals surface area contributed by atoms with E-state index in [2.05, 4.69) is 5.32 Å². The molecule has 1 saturated heterocycles. The Morgan fingerprint density at radius 2 is 1.95 bits per heavy atom. The Balaban J connectivity index is 2.16. The van der Waals surface area contributed by atoms with E-state index in [1.165, 1.54) is 6.26 Å². The smallest absolute Gasteiger partial charge is 0.150 e. The molecule has 0 aromatic rings. The van der Waals surface area contributed by atoms with Gasteiger partial charge in [0.05, 0.1) is 10.9 Å². The van der Waals surface area contributed by atoms with Gasteiger partial charge < -0.3 is 14.8 Å². The van der Waals surface area contributed by atoms with E-state index in [1.807, 2.05) is 7.05 Å². The van der Waals surface area contributed by atoms with Gasteiger partial charge in [0.1, 0.15) is 9.84 Å². The van der Waals surface area contributed by atoms with Crippen LogP contribution in [0.3, 0.4) is 0 Å². The maximum atomic E-state index is 11.9. The van der Waals surface area contributed by atoms with Gasteiger partial charge in [-0.2, -0.15) is 0 Å². The molecule has 0 bridgehead atoms. The second kappa shape index (κ2) is 6.94. The van der Waals surface area contributed by atoms with Crippen molar-refractivity contribution in [1.82, 2.24) is 5.32 Å². The first-order valence-electron chi connectivity index (χ1n) is 7.92. The quantitative estimate of drug-likeness (QED) is 0.829. The SMILES string of the molecule is CNC(C1CCCC(S(C)(=O)=O)C1)C1(OC)CCOCC1. The van der Waals surface area contributed by atoms with Crippen molar-refractivity contribution >= 4 is 9.84 Å². The van der Waals surface area contributed by atoms with Crippen molar-refractivity contribution in [2.45, 2.75) is 55.4 Å². The van der Waals surface area contributed by atoms with Crippen molar-refractivity contribution in [3.05, 3.63) is 0 Å². The maximum absolute atomic E-state index is 11.9. The number of likely N-dealkylation sites (N-methyl/N-ethyl adjacent to an activating group) is 1. The largest absolute Gasteiger partial charge is 0.381 e. The summed E-state index contributed by atoms with van der Waals surface area (Å²) in [7, 11) is 0.783. The minimum absolute atomic E-state index is 0.191. The lowest BCUT2D eigenvalue weighted by Crippen LogP contribution is -2.58. The van der Waals surface area contributed by atoms with Gasteiger partial charge in [0.15, 0.2) is 0 Å². The normalized spacial score (nSPS) is 31.8. The van der Waals surface area contributed by atoms with Crippen LogP contribution in [-0.2, 0) is 19.3 Å². The second-order valence-electron chi connectivity index (χ2n) is 6.53. The van der Waals surface area contributed by atoms with Gasteiger partial charge in [-0.05, 0) is 32.2 Å². The van der Waals surface area contributed by atoms with E-state index in [9.17, 15) is 8.42 Å². The topological polar surface area (TPSA) is 64.6 Å². The Morgan fingerprint density at radius 3 is 2.48 bits per heavy atom. The van der Waals surface area contributed by atoms with Crippen molar-refractivity contribution in [2.24, 2.45) is 5.92 Å². The van der Waals surface area contributed by atoms with Gasteiger partial charge in [0.2, 0.25) is 0 Å². The zero-order chi connectivity index (χ0) is 15.5. The average molecular weight is 319 g/mol. The molecule has 21 heavy (non-hydrogen) atoms. The molecule has 2 rings (SSSR count). The highest BCUT2D eigenvalue weighted by Crippen LogP contribution is 2.39. The van der Waals surface area contributed by atoms with Crippen LogP contribution < -0.4 is 5.32 Å². The summed E-state index contributed by atoms with van der Waals surface area (Å²) in [5, 5.41) is 3.24. The zero-order valence-corrected chi connectivity index (χ0v) is 14.2. The first-order chi connectivity index (χ1) is 9.93. The Hall–Kier alpha value is -0.170. The molecule has 1 N–H and O–H groups in total. The Bertz CT molecular complexity index is 431. The number of hydrogen-bond acceptors (Lipinski definition) is 5. The summed E-state index contributed by atoms with van der Waals surface area (Å²) in [6.07, 6.45) is 6.71. The van der Waals surface area contributed by atoms with Crippen LogP contribution in [-0.4, -0.2) is 58.9 Å². The molecule has 3 atom stereocenters. The Labute approximate surface area is 128 Å². The summed E-state index contributed by atoms with van der Waals surface area (Å²) in [4.78, 5) is 0. The molecular formula is C15H29NO4S. The molecule has 3 unspecified atom stereocenters. The molecule has 0 aromatic heterocycles. The van der Waals surface area contributed by atoms with Crippen LogP contribution in [0.5, 0.6) is 0 Å². The summed E-state index contributed by atoms with van der Waals surface area (Å²) >= 11 is 0. The van der Waals surface area contributed by atoms with Crippen LogP contribution in [0, 0.1) is 5.92 Å². The highest BCUT2D eigenvalue weighted by atomic mass is 32.2. The second-order valence-corrected chi connectivity index (χ2v) is 8.85. The average Bonchev–Trinajstić information content (AvgIpc) is 2.48. The molecule has 2 aliphatic rings. The molecule has 0 radical (unpaired) electrons. The monoisotopic (exact) mass is 319 g/mol. The molecule has 1 heterocycles. The van der Waals surface area contributed by atoms with E-state index in [-0.39, 0.29) is 16.9 Å². The standard InChI is InChI=1S/C15H29NO4S/c1-16-14(15(19-2)7-9-20-10-8-15)12-5-4-6-13(11-12)21(3,17)18/h12-14,16H,4-11H2,1-3H3. The third kappa shape index (κ3) is 3.78. The predicted molar refractivity (Wildman–Crippen MR) is 83.2 cm³/mol. The van der Waals surface area contributed by atoms with Gasteiger partial charge in [-0.1, -0.05) is 6.42 Å². The molecule has 1 aliphatic heterocycles. The van der Waals surface area contributed by atoms with Crippen molar-refractivity contribution in [1.29, 1.82) is 0 Å². The van der Waals surface area contributed by atoms with E-state index in [0.717, 1.165) is 38.5 Å². The zero-order valence-electron chi connectivity index (χ0n) is 13.4. The summed E-state index contributed by atoms with van der Waals surface area (Å²) in [6.45, 7) is 1.43. The Morgan fingerprint density at radius 1 is 1.29 bits per heavy atom. The summed E-state index contributed by atoms with van der Waals surface area (Å²) in [5.74, 6) is 0.349. The third-order valence-corrected chi connectivity index (χ3v) is 7.01. The fraction of sp³-hybridized carbons (Fsp3) is 1.00. The fourth-order valence-corrected chi connectivity index (χ4v) is 5.35. The van der Waals surface area contributed by atoms with Gasteiger partial charge in [0, 0.05) is 45.5 Å². The van der Waals surface area contributed by atoms with Gasteiger partial charge in [0.25, 0.3) is 0 Å². The minimum Gasteiger partial charge on any atom is -0.381 e.